The maximum Gasteiger partial charge on any atom is 0.0673 e. The molecule has 2 rings (SSSR count). The highest BCUT2D eigenvalue weighted by molar-refractivity contribution is 5.41. The summed E-state index contributed by atoms with van der Waals surface area (Å²) in [5.74, 6) is 0. The van der Waals surface area contributed by atoms with Gasteiger partial charge in [0.05, 0.1) is 6.61 Å². The van der Waals surface area contributed by atoms with Crippen LogP contribution in [0, 0.1) is 0 Å². The van der Waals surface area contributed by atoms with Crippen LogP contribution in [0.25, 0.3) is 0 Å². The Balaban J connectivity index is 1.97. The van der Waals surface area contributed by atoms with E-state index in [0.29, 0.717) is 0 Å². The quantitative estimate of drug-likeness (QED) is 0.663. The predicted octanol–water partition coefficient (Wildman–Crippen LogP) is 2.82. The molecule has 1 aliphatic rings. The minimum absolute atomic E-state index is 0.139. The van der Waals surface area contributed by atoms with Crippen LogP contribution in [0.4, 0.5) is 5.69 Å². The Morgan fingerprint density at radius 3 is 2.50 bits per heavy atom. The van der Waals surface area contributed by atoms with Crippen molar-refractivity contribution >= 4 is 5.69 Å². The van der Waals surface area contributed by atoms with Crippen LogP contribution in [0.15, 0.2) is 35.9 Å². The summed E-state index contributed by atoms with van der Waals surface area (Å²) < 4.78 is 5.20. The standard InChI is InChI=1S/C17H26N2O/c1-17(2,15-4-6-16(18)7-5-15)13-19-10-8-14(9-11-19)12-20-3/h4-8H,9-13,18H2,1-3H3. The second-order valence-electron chi connectivity index (χ2n) is 6.29. The third-order valence-electron chi connectivity index (χ3n) is 4.03. The number of rotatable bonds is 5. The van der Waals surface area contributed by atoms with E-state index in [4.69, 9.17) is 10.5 Å². The highest BCUT2D eigenvalue weighted by atomic mass is 16.5. The van der Waals surface area contributed by atoms with Crippen LogP contribution < -0.4 is 5.73 Å². The molecule has 0 aliphatic carbocycles. The average molecular weight is 274 g/mol. The normalized spacial score (nSPS) is 17.1. The van der Waals surface area contributed by atoms with Crippen LogP contribution >= 0.6 is 0 Å². The van der Waals surface area contributed by atoms with E-state index in [9.17, 15) is 0 Å². The molecule has 0 saturated heterocycles. The topological polar surface area (TPSA) is 38.5 Å². The molecule has 0 atom stereocenters. The summed E-state index contributed by atoms with van der Waals surface area (Å²) in [5, 5.41) is 0. The fourth-order valence-electron chi connectivity index (χ4n) is 2.80. The molecule has 20 heavy (non-hydrogen) atoms. The van der Waals surface area contributed by atoms with Crippen LogP contribution in [-0.4, -0.2) is 38.3 Å². The maximum atomic E-state index is 5.77. The van der Waals surface area contributed by atoms with E-state index < -0.39 is 0 Å². The lowest BCUT2D eigenvalue weighted by atomic mass is 9.83. The molecule has 0 spiro atoms. The van der Waals surface area contributed by atoms with Gasteiger partial charge in [0.1, 0.15) is 0 Å². The second kappa shape index (κ2) is 6.42. The number of hydrogen-bond donors (Lipinski definition) is 1. The van der Waals surface area contributed by atoms with Gasteiger partial charge in [-0.05, 0) is 29.7 Å². The van der Waals surface area contributed by atoms with Gasteiger partial charge in [0.2, 0.25) is 0 Å². The molecule has 0 saturated carbocycles. The van der Waals surface area contributed by atoms with E-state index in [0.717, 1.165) is 38.3 Å². The zero-order valence-corrected chi connectivity index (χ0v) is 12.9. The van der Waals surface area contributed by atoms with Crippen LogP contribution in [0.2, 0.25) is 0 Å². The van der Waals surface area contributed by atoms with Crippen molar-refractivity contribution in [1.82, 2.24) is 4.90 Å². The van der Waals surface area contributed by atoms with Crippen molar-refractivity contribution in [2.45, 2.75) is 25.7 Å². The summed E-state index contributed by atoms with van der Waals surface area (Å²) in [5.41, 5.74) is 9.51. The molecule has 1 heterocycles. The number of ether oxygens (including phenoxy) is 1. The third kappa shape index (κ3) is 3.84. The van der Waals surface area contributed by atoms with Crippen molar-refractivity contribution in [1.29, 1.82) is 0 Å². The molecule has 0 bridgehead atoms. The molecule has 0 aromatic heterocycles. The number of nitrogen functional groups attached to an aromatic ring is 1. The zero-order valence-electron chi connectivity index (χ0n) is 12.9. The van der Waals surface area contributed by atoms with Crippen LogP contribution in [0.3, 0.4) is 0 Å². The van der Waals surface area contributed by atoms with Gasteiger partial charge in [-0.15, -0.1) is 0 Å². The van der Waals surface area contributed by atoms with Crippen molar-refractivity contribution in [3.8, 4) is 0 Å². The zero-order chi connectivity index (χ0) is 14.6. The lowest BCUT2D eigenvalue weighted by Gasteiger charge is -2.35. The van der Waals surface area contributed by atoms with E-state index in [1.807, 2.05) is 12.1 Å². The largest absolute Gasteiger partial charge is 0.399 e. The van der Waals surface area contributed by atoms with Gasteiger partial charge in [-0.3, -0.25) is 4.90 Å². The Bertz CT molecular complexity index is 462. The summed E-state index contributed by atoms with van der Waals surface area (Å²) in [7, 11) is 1.76. The molecule has 0 unspecified atom stereocenters. The third-order valence-corrected chi connectivity index (χ3v) is 4.03. The Morgan fingerprint density at radius 2 is 1.95 bits per heavy atom. The van der Waals surface area contributed by atoms with Gasteiger partial charge in [-0.25, -0.2) is 0 Å². The van der Waals surface area contributed by atoms with E-state index in [1.54, 1.807) is 7.11 Å². The smallest absolute Gasteiger partial charge is 0.0673 e. The first-order valence-corrected chi connectivity index (χ1v) is 7.26. The fourth-order valence-corrected chi connectivity index (χ4v) is 2.80. The second-order valence-corrected chi connectivity index (χ2v) is 6.29. The summed E-state index contributed by atoms with van der Waals surface area (Å²) in [4.78, 5) is 2.51. The minimum Gasteiger partial charge on any atom is -0.399 e. The maximum absolute atomic E-state index is 5.77. The SMILES string of the molecule is COCC1=CCN(CC(C)(C)c2ccc(N)cc2)CC1. The first kappa shape index (κ1) is 15.1. The lowest BCUT2D eigenvalue weighted by Crippen LogP contribution is -2.39. The van der Waals surface area contributed by atoms with E-state index in [-0.39, 0.29) is 5.41 Å². The molecule has 3 nitrogen and oxygen atoms in total. The van der Waals surface area contributed by atoms with Gasteiger partial charge >= 0.3 is 0 Å². The molecule has 1 aromatic carbocycles. The van der Waals surface area contributed by atoms with Crippen molar-refractivity contribution in [3.05, 3.63) is 41.5 Å². The molecule has 110 valence electrons. The molecule has 3 heteroatoms. The number of hydrogen-bond acceptors (Lipinski definition) is 3. The van der Waals surface area contributed by atoms with Crippen molar-refractivity contribution < 1.29 is 4.74 Å². The number of anilines is 1. The molecule has 2 N–H and O–H groups in total. The summed E-state index contributed by atoms with van der Waals surface area (Å²) >= 11 is 0. The summed E-state index contributed by atoms with van der Waals surface area (Å²) in [6.07, 6.45) is 3.43. The highest BCUT2D eigenvalue weighted by Gasteiger charge is 2.24. The Labute approximate surface area is 122 Å². The first-order chi connectivity index (χ1) is 9.51. The molecular formula is C17H26N2O. The van der Waals surface area contributed by atoms with Gasteiger partial charge in [0.15, 0.2) is 0 Å². The van der Waals surface area contributed by atoms with Crippen molar-refractivity contribution in [2.24, 2.45) is 0 Å². The first-order valence-electron chi connectivity index (χ1n) is 7.26. The van der Waals surface area contributed by atoms with Crippen molar-refractivity contribution in [3.63, 3.8) is 0 Å². The summed E-state index contributed by atoms with van der Waals surface area (Å²) in [6.45, 7) is 8.58. The number of benzene rings is 1. The highest BCUT2D eigenvalue weighted by Crippen LogP contribution is 2.26. The lowest BCUT2D eigenvalue weighted by molar-refractivity contribution is 0.202. The molecule has 1 aromatic rings. The minimum atomic E-state index is 0.139. The monoisotopic (exact) mass is 274 g/mol. The van der Waals surface area contributed by atoms with Crippen molar-refractivity contribution in [2.75, 3.05) is 39.1 Å². The number of methoxy groups -OCH3 is 1. The Hall–Kier alpha value is -1.32. The molecule has 1 aliphatic heterocycles. The Kier molecular flexibility index (Phi) is 4.84. The van der Waals surface area contributed by atoms with E-state index in [2.05, 4.69) is 37.0 Å². The van der Waals surface area contributed by atoms with Gasteiger partial charge in [-0.2, -0.15) is 0 Å². The van der Waals surface area contributed by atoms with E-state index >= 15 is 0 Å². The van der Waals surface area contributed by atoms with E-state index in [1.165, 1.54) is 11.1 Å². The molecule has 0 fully saturated rings. The fraction of sp³-hybridized carbons (Fsp3) is 0.529. The van der Waals surface area contributed by atoms with Gasteiger partial charge in [0.25, 0.3) is 0 Å². The van der Waals surface area contributed by atoms with Gasteiger partial charge in [-0.1, -0.05) is 32.1 Å². The van der Waals surface area contributed by atoms with Crippen LogP contribution in [-0.2, 0) is 10.2 Å². The predicted molar refractivity (Wildman–Crippen MR) is 84.9 cm³/mol. The molecular weight excluding hydrogens is 248 g/mol. The Morgan fingerprint density at radius 1 is 1.25 bits per heavy atom. The summed E-state index contributed by atoms with van der Waals surface area (Å²) in [6, 6.07) is 8.27. The number of nitrogens with two attached hydrogens (primary N) is 1. The number of nitrogens with zero attached hydrogens (tertiary/aromatic N) is 1. The van der Waals surface area contributed by atoms with Gasteiger partial charge < -0.3 is 10.5 Å². The molecule has 0 amide bonds. The van der Waals surface area contributed by atoms with Crippen LogP contribution in [0.1, 0.15) is 25.8 Å². The average Bonchev–Trinajstić information content (AvgIpc) is 2.41. The van der Waals surface area contributed by atoms with Gasteiger partial charge in [0, 0.05) is 37.8 Å². The molecule has 0 radical (unpaired) electrons. The van der Waals surface area contributed by atoms with Crippen LogP contribution in [0.5, 0.6) is 0 Å².